The zero-order chi connectivity index (χ0) is 11.4. The third-order valence-corrected chi connectivity index (χ3v) is 2.98. The van der Waals surface area contributed by atoms with Crippen LogP contribution >= 0.6 is 34.2 Å². The molecule has 4 heteroatoms. The Kier molecular flexibility index (Phi) is 4.86. The van der Waals surface area contributed by atoms with E-state index in [1.165, 1.54) is 0 Å². The SMILES string of the molecule is CC(C)OC(=O)c1c(I)cccc1CCl. The van der Waals surface area contributed by atoms with Gasteiger partial charge < -0.3 is 4.74 Å². The fourth-order valence-corrected chi connectivity index (χ4v) is 2.18. The lowest BCUT2D eigenvalue weighted by Crippen LogP contribution is -2.14. The summed E-state index contributed by atoms with van der Waals surface area (Å²) in [5, 5.41) is 0. The molecule has 15 heavy (non-hydrogen) atoms. The van der Waals surface area contributed by atoms with Crippen LogP contribution < -0.4 is 0 Å². The smallest absolute Gasteiger partial charge is 0.339 e. The molecular weight excluding hydrogens is 326 g/mol. The van der Waals surface area contributed by atoms with E-state index in [9.17, 15) is 4.79 Å². The second-order valence-corrected chi connectivity index (χ2v) is 4.79. The molecule has 0 heterocycles. The van der Waals surface area contributed by atoms with Gasteiger partial charge in [-0.05, 0) is 48.1 Å². The van der Waals surface area contributed by atoms with Crippen molar-refractivity contribution < 1.29 is 9.53 Å². The summed E-state index contributed by atoms with van der Waals surface area (Å²) in [6.07, 6.45) is -0.114. The highest BCUT2D eigenvalue weighted by Gasteiger charge is 2.16. The number of rotatable bonds is 3. The first-order valence-electron chi connectivity index (χ1n) is 4.60. The van der Waals surface area contributed by atoms with Crippen molar-refractivity contribution in [1.82, 2.24) is 0 Å². The highest BCUT2D eigenvalue weighted by atomic mass is 127. The fourth-order valence-electron chi connectivity index (χ4n) is 1.18. The minimum Gasteiger partial charge on any atom is -0.459 e. The number of ether oxygens (including phenoxy) is 1. The van der Waals surface area contributed by atoms with Gasteiger partial charge in [-0.2, -0.15) is 0 Å². The fraction of sp³-hybridized carbons (Fsp3) is 0.364. The van der Waals surface area contributed by atoms with Gasteiger partial charge in [-0.15, -0.1) is 11.6 Å². The largest absolute Gasteiger partial charge is 0.459 e. The number of carbonyl (C=O) groups is 1. The van der Waals surface area contributed by atoms with Gasteiger partial charge >= 0.3 is 5.97 Å². The molecule has 1 aromatic rings. The highest BCUT2D eigenvalue weighted by Crippen LogP contribution is 2.20. The monoisotopic (exact) mass is 338 g/mol. The van der Waals surface area contributed by atoms with Crippen LogP contribution in [0.3, 0.4) is 0 Å². The lowest BCUT2D eigenvalue weighted by molar-refractivity contribution is 0.0375. The van der Waals surface area contributed by atoms with E-state index >= 15 is 0 Å². The van der Waals surface area contributed by atoms with Crippen LogP contribution in [0.5, 0.6) is 0 Å². The maximum absolute atomic E-state index is 11.8. The van der Waals surface area contributed by atoms with Crippen LogP contribution in [0, 0.1) is 3.57 Å². The maximum atomic E-state index is 11.8. The van der Waals surface area contributed by atoms with Crippen LogP contribution in [0.15, 0.2) is 18.2 Å². The number of hydrogen-bond acceptors (Lipinski definition) is 2. The molecule has 0 bridgehead atoms. The Bertz CT molecular complexity index is 364. The minimum atomic E-state index is -0.300. The van der Waals surface area contributed by atoms with E-state index in [4.69, 9.17) is 16.3 Å². The van der Waals surface area contributed by atoms with Gasteiger partial charge in [0.15, 0.2) is 0 Å². The molecule has 0 spiro atoms. The molecule has 0 aromatic heterocycles. The Morgan fingerprint density at radius 1 is 1.53 bits per heavy atom. The van der Waals surface area contributed by atoms with E-state index in [1.54, 1.807) is 0 Å². The summed E-state index contributed by atoms with van der Waals surface area (Å²) in [4.78, 5) is 11.8. The molecule has 1 aromatic carbocycles. The predicted octanol–water partition coefficient (Wildman–Crippen LogP) is 3.60. The van der Waals surface area contributed by atoms with Gasteiger partial charge in [0.05, 0.1) is 11.7 Å². The van der Waals surface area contributed by atoms with E-state index in [0.717, 1.165) is 9.13 Å². The van der Waals surface area contributed by atoms with E-state index < -0.39 is 0 Å². The summed E-state index contributed by atoms with van der Waals surface area (Å²) in [5.74, 6) is 0.0185. The van der Waals surface area contributed by atoms with Crippen LogP contribution in [-0.2, 0) is 10.6 Å². The lowest BCUT2D eigenvalue weighted by Gasteiger charge is -2.11. The van der Waals surface area contributed by atoms with Crippen molar-refractivity contribution in [2.24, 2.45) is 0 Å². The van der Waals surface area contributed by atoms with Crippen molar-refractivity contribution >= 4 is 40.2 Å². The normalized spacial score (nSPS) is 10.5. The summed E-state index contributed by atoms with van der Waals surface area (Å²) < 4.78 is 6.03. The van der Waals surface area contributed by atoms with Crippen molar-refractivity contribution in [1.29, 1.82) is 0 Å². The van der Waals surface area contributed by atoms with Crippen LogP contribution in [0.4, 0.5) is 0 Å². The summed E-state index contributed by atoms with van der Waals surface area (Å²) in [5.41, 5.74) is 1.40. The number of benzene rings is 1. The van der Waals surface area contributed by atoms with Gasteiger partial charge in [0.2, 0.25) is 0 Å². The summed E-state index contributed by atoms with van der Waals surface area (Å²) in [6, 6.07) is 5.59. The number of carbonyl (C=O) groups excluding carboxylic acids is 1. The summed E-state index contributed by atoms with van der Waals surface area (Å²) in [7, 11) is 0. The maximum Gasteiger partial charge on any atom is 0.339 e. The molecule has 0 atom stereocenters. The zero-order valence-corrected chi connectivity index (χ0v) is 11.5. The molecule has 2 nitrogen and oxygen atoms in total. The number of halogens is 2. The van der Waals surface area contributed by atoms with Gasteiger partial charge in [-0.3, -0.25) is 0 Å². The number of esters is 1. The average molecular weight is 339 g/mol. The molecule has 0 radical (unpaired) electrons. The standard InChI is InChI=1S/C11H12ClIO2/c1-7(2)15-11(14)10-8(6-12)4-3-5-9(10)13/h3-5,7H,6H2,1-2H3. The van der Waals surface area contributed by atoms with Crippen molar-refractivity contribution in [3.63, 3.8) is 0 Å². The molecule has 0 saturated heterocycles. The van der Waals surface area contributed by atoms with Crippen molar-refractivity contribution in [3.05, 3.63) is 32.9 Å². The van der Waals surface area contributed by atoms with E-state index in [0.29, 0.717) is 11.4 Å². The van der Waals surface area contributed by atoms with Gasteiger partial charge in [-0.25, -0.2) is 4.79 Å². The van der Waals surface area contributed by atoms with E-state index in [2.05, 4.69) is 22.6 Å². The molecule has 0 aliphatic heterocycles. The molecule has 0 aliphatic carbocycles. The molecule has 0 amide bonds. The van der Waals surface area contributed by atoms with Crippen LogP contribution in [0.1, 0.15) is 29.8 Å². The molecule has 0 aliphatic rings. The molecule has 0 saturated carbocycles. The number of alkyl halides is 1. The van der Waals surface area contributed by atoms with Gasteiger partial charge in [0, 0.05) is 9.45 Å². The second kappa shape index (κ2) is 5.70. The predicted molar refractivity (Wildman–Crippen MR) is 69.3 cm³/mol. The molecule has 0 fully saturated rings. The second-order valence-electron chi connectivity index (χ2n) is 3.36. The van der Waals surface area contributed by atoms with Crippen LogP contribution in [0.25, 0.3) is 0 Å². The van der Waals surface area contributed by atoms with E-state index in [1.807, 2.05) is 32.0 Å². The van der Waals surface area contributed by atoms with Gasteiger partial charge in [0.25, 0.3) is 0 Å². The van der Waals surface area contributed by atoms with Crippen molar-refractivity contribution in [3.8, 4) is 0 Å². The quantitative estimate of drug-likeness (QED) is 0.478. The summed E-state index contributed by atoms with van der Waals surface area (Å²) in [6.45, 7) is 3.65. The first-order chi connectivity index (χ1) is 7.06. The Hall–Kier alpha value is -0.290. The Balaban J connectivity index is 3.06. The highest BCUT2D eigenvalue weighted by molar-refractivity contribution is 14.1. The van der Waals surface area contributed by atoms with Crippen molar-refractivity contribution in [2.75, 3.05) is 0 Å². The Morgan fingerprint density at radius 3 is 2.73 bits per heavy atom. The first kappa shape index (κ1) is 12.8. The Morgan fingerprint density at radius 2 is 2.20 bits per heavy atom. The third kappa shape index (κ3) is 3.34. The topological polar surface area (TPSA) is 26.3 Å². The van der Waals surface area contributed by atoms with Crippen LogP contribution in [0.2, 0.25) is 0 Å². The van der Waals surface area contributed by atoms with E-state index in [-0.39, 0.29) is 12.1 Å². The minimum absolute atomic E-state index is 0.114. The first-order valence-corrected chi connectivity index (χ1v) is 6.22. The molecule has 82 valence electrons. The molecule has 1 rings (SSSR count). The lowest BCUT2D eigenvalue weighted by atomic mass is 10.1. The summed E-state index contributed by atoms with van der Waals surface area (Å²) >= 11 is 7.89. The third-order valence-electron chi connectivity index (χ3n) is 1.79. The van der Waals surface area contributed by atoms with Gasteiger partial charge in [0.1, 0.15) is 0 Å². The molecular formula is C11H12ClIO2. The molecule has 0 unspecified atom stereocenters. The average Bonchev–Trinajstić information content (AvgIpc) is 2.15. The van der Waals surface area contributed by atoms with Gasteiger partial charge in [-0.1, -0.05) is 12.1 Å². The van der Waals surface area contributed by atoms with Crippen LogP contribution in [-0.4, -0.2) is 12.1 Å². The zero-order valence-electron chi connectivity index (χ0n) is 8.59. The van der Waals surface area contributed by atoms with Crippen molar-refractivity contribution in [2.45, 2.75) is 25.8 Å². The molecule has 0 N–H and O–H groups in total. The number of hydrogen-bond donors (Lipinski definition) is 0. The Labute approximate surface area is 108 Å².